The molecule has 0 spiro atoms. The van der Waals surface area contributed by atoms with Crippen molar-refractivity contribution in [1.29, 1.82) is 0 Å². The molecule has 4 heterocycles. The van der Waals surface area contributed by atoms with Crippen molar-refractivity contribution in [1.82, 2.24) is 19.3 Å². The highest BCUT2D eigenvalue weighted by Crippen LogP contribution is 2.36. The topological polar surface area (TPSA) is 88.9 Å². The van der Waals surface area contributed by atoms with Crippen molar-refractivity contribution in [3.8, 4) is 11.3 Å². The van der Waals surface area contributed by atoms with Crippen LogP contribution in [0.1, 0.15) is 25.7 Å². The van der Waals surface area contributed by atoms with E-state index < -0.39 is 10.0 Å². The number of anilines is 1. The molecule has 2 aromatic carbocycles. The van der Waals surface area contributed by atoms with Gasteiger partial charge in [0.15, 0.2) is 0 Å². The summed E-state index contributed by atoms with van der Waals surface area (Å²) in [4.78, 5) is 9.38. The van der Waals surface area contributed by atoms with Gasteiger partial charge in [-0.2, -0.15) is 0 Å². The van der Waals surface area contributed by atoms with Gasteiger partial charge in [0.25, 0.3) is 10.0 Å². The highest BCUT2D eigenvalue weighted by atomic mass is 35.5. The molecule has 2 unspecified atom stereocenters. The third-order valence-corrected chi connectivity index (χ3v) is 8.75. The van der Waals surface area contributed by atoms with Gasteiger partial charge in [0.05, 0.1) is 27.3 Å². The molecule has 2 aromatic heterocycles. The number of hydrogen-bond donors (Lipinski definition) is 2. The minimum Gasteiger partial charge on any atom is -0.351 e. The molecule has 2 bridgehead atoms. The van der Waals surface area contributed by atoms with E-state index in [0.29, 0.717) is 45.9 Å². The fourth-order valence-electron chi connectivity index (χ4n) is 5.23. The summed E-state index contributed by atoms with van der Waals surface area (Å²) in [6, 6.07) is 17.2. The van der Waals surface area contributed by atoms with E-state index >= 15 is 0 Å². The average Bonchev–Trinajstić information content (AvgIpc) is 3.41. The molecule has 9 heteroatoms. The highest BCUT2D eigenvalue weighted by molar-refractivity contribution is 7.90. The zero-order valence-corrected chi connectivity index (χ0v) is 19.9. The first kappa shape index (κ1) is 21.6. The first-order valence-corrected chi connectivity index (χ1v) is 13.3. The first-order chi connectivity index (χ1) is 16.5. The number of benzene rings is 2. The van der Waals surface area contributed by atoms with Crippen molar-refractivity contribution in [2.24, 2.45) is 0 Å². The van der Waals surface area contributed by atoms with Crippen LogP contribution in [-0.4, -0.2) is 40.5 Å². The molecule has 0 amide bonds. The number of para-hydroxylation sites is 1. The summed E-state index contributed by atoms with van der Waals surface area (Å²) in [7, 11) is -3.80. The van der Waals surface area contributed by atoms with Gasteiger partial charge < -0.3 is 10.6 Å². The SMILES string of the molecule is O=S(=O)(c1ccccc1)n1cc(-c2nc(NC3CC4CC[C@@H](C3)N4)ncc2Cl)c2ccccc21. The molecular weight excluding hydrogens is 470 g/mol. The van der Waals surface area contributed by atoms with Gasteiger partial charge in [-0.15, -0.1) is 0 Å². The maximum atomic E-state index is 13.5. The normalized spacial score (nSPS) is 22.2. The molecule has 2 fully saturated rings. The monoisotopic (exact) mass is 493 g/mol. The third kappa shape index (κ3) is 3.76. The van der Waals surface area contributed by atoms with E-state index in [0.717, 1.165) is 18.2 Å². The number of fused-ring (bicyclic) bond motifs is 3. The second-order valence-electron chi connectivity index (χ2n) is 9.01. The van der Waals surface area contributed by atoms with E-state index in [9.17, 15) is 8.42 Å². The molecule has 2 aliphatic rings. The molecule has 4 aromatic rings. The maximum absolute atomic E-state index is 13.5. The Labute approximate surface area is 203 Å². The standard InChI is InChI=1S/C25H24ClN5O2S/c26-22-14-27-25(29-18-12-16-10-11-17(13-18)28-16)30-24(22)21-15-31(23-9-5-4-8-20(21)23)34(32,33)19-6-2-1-3-7-19/h1-9,14-18,28H,10-13H2,(H,27,29,30)/t16-,17?,18?/m0/s1. The van der Waals surface area contributed by atoms with E-state index in [2.05, 4.69) is 15.6 Å². The zero-order valence-electron chi connectivity index (χ0n) is 18.4. The minimum absolute atomic E-state index is 0.221. The summed E-state index contributed by atoms with van der Waals surface area (Å²) in [5.41, 5.74) is 1.73. The summed E-state index contributed by atoms with van der Waals surface area (Å²) >= 11 is 6.55. The van der Waals surface area contributed by atoms with Crippen molar-refractivity contribution >= 4 is 38.5 Å². The van der Waals surface area contributed by atoms with Crippen LogP contribution in [0.15, 0.2) is 71.9 Å². The summed E-state index contributed by atoms with van der Waals surface area (Å²) in [6.07, 6.45) is 7.68. The second kappa shape index (κ2) is 8.37. The van der Waals surface area contributed by atoms with Crippen LogP contribution in [0, 0.1) is 0 Å². The molecule has 6 rings (SSSR count). The van der Waals surface area contributed by atoms with Gasteiger partial charge in [-0.05, 0) is 43.9 Å². The average molecular weight is 494 g/mol. The Hall–Kier alpha value is -2.94. The molecule has 174 valence electrons. The van der Waals surface area contributed by atoms with E-state index in [1.54, 1.807) is 48.8 Å². The highest BCUT2D eigenvalue weighted by Gasteiger charge is 2.33. The van der Waals surface area contributed by atoms with Crippen molar-refractivity contribution in [3.63, 3.8) is 0 Å². The van der Waals surface area contributed by atoms with Gasteiger partial charge in [-0.25, -0.2) is 22.4 Å². The molecule has 2 aliphatic heterocycles. The molecule has 34 heavy (non-hydrogen) atoms. The summed E-state index contributed by atoms with van der Waals surface area (Å²) in [6.45, 7) is 0. The van der Waals surface area contributed by atoms with E-state index in [1.807, 2.05) is 18.2 Å². The number of rotatable bonds is 5. The van der Waals surface area contributed by atoms with E-state index in [1.165, 1.54) is 16.8 Å². The van der Waals surface area contributed by atoms with Gasteiger partial charge in [0.2, 0.25) is 5.95 Å². The number of aromatic nitrogens is 3. The predicted octanol–water partition coefficient (Wildman–Crippen LogP) is 4.68. The van der Waals surface area contributed by atoms with E-state index in [-0.39, 0.29) is 4.90 Å². The Morgan fingerprint density at radius 1 is 1.00 bits per heavy atom. The van der Waals surface area contributed by atoms with Crippen LogP contribution in [0.2, 0.25) is 5.02 Å². The second-order valence-corrected chi connectivity index (χ2v) is 11.2. The molecule has 0 saturated carbocycles. The van der Waals surface area contributed by atoms with Crippen molar-refractivity contribution in [2.45, 2.75) is 48.7 Å². The number of nitrogens with zero attached hydrogens (tertiary/aromatic N) is 3. The van der Waals surface area contributed by atoms with Crippen LogP contribution >= 0.6 is 11.6 Å². The van der Waals surface area contributed by atoms with Gasteiger partial charge in [0.1, 0.15) is 0 Å². The Morgan fingerprint density at radius 2 is 1.71 bits per heavy atom. The number of piperidine rings is 1. The fraction of sp³-hybridized carbons (Fsp3) is 0.280. The summed E-state index contributed by atoms with van der Waals surface area (Å²) < 4.78 is 28.2. The van der Waals surface area contributed by atoms with E-state index in [4.69, 9.17) is 16.6 Å². The van der Waals surface area contributed by atoms with Crippen LogP contribution < -0.4 is 10.6 Å². The quantitative estimate of drug-likeness (QED) is 0.419. The summed E-state index contributed by atoms with van der Waals surface area (Å²) in [5, 5.41) is 8.25. The fourth-order valence-corrected chi connectivity index (χ4v) is 6.81. The number of hydrogen-bond acceptors (Lipinski definition) is 6. The summed E-state index contributed by atoms with van der Waals surface area (Å²) in [5.74, 6) is 0.508. The van der Waals surface area contributed by atoms with Crippen molar-refractivity contribution < 1.29 is 8.42 Å². The van der Waals surface area contributed by atoms with Crippen LogP contribution in [0.25, 0.3) is 22.2 Å². The van der Waals surface area contributed by atoms with Crippen molar-refractivity contribution in [3.05, 3.63) is 72.0 Å². The largest absolute Gasteiger partial charge is 0.351 e. The molecular formula is C25H24ClN5O2S. The zero-order chi connectivity index (χ0) is 23.3. The van der Waals surface area contributed by atoms with Gasteiger partial charge in [-0.3, -0.25) is 0 Å². The van der Waals surface area contributed by atoms with Crippen molar-refractivity contribution in [2.75, 3.05) is 5.32 Å². The third-order valence-electron chi connectivity index (χ3n) is 6.78. The minimum atomic E-state index is -3.80. The lowest BCUT2D eigenvalue weighted by Gasteiger charge is -2.29. The lowest BCUT2D eigenvalue weighted by atomic mass is 10.00. The first-order valence-electron chi connectivity index (χ1n) is 11.5. The van der Waals surface area contributed by atoms with Crippen LogP contribution in [0.5, 0.6) is 0 Å². The van der Waals surface area contributed by atoms with Gasteiger partial charge in [0, 0.05) is 35.3 Å². The van der Waals surface area contributed by atoms with Crippen LogP contribution in [0.4, 0.5) is 5.95 Å². The van der Waals surface area contributed by atoms with Gasteiger partial charge in [-0.1, -0.05) is 48.0 Å². The maximum Gasteiger partial charge on any atom is 0.268 e. The lowest BCUT2D eigenvalue weighted by molar-refractivity contribution is 0.377. The molecule has 2 N–H and O–H groups in total. The Morgan fingerprint density at radius 3 is 2.47 bits per heavy atom. The van der Waals surface area contributed by atoms with Gasteiger partial charge >= 0.3 is 0 Å². The smallest absolute Gasteiger partial charge is 0.268 e. The lowest BCUT2D eigenvalue weighted by Crippen LogP contribution is -2.43. The van der Waals surface area contributed by atoms with Crippen LogP contribution in [-0.2, 0) is 10.0 Å². The molecule has 0 radical (unpaired) electrons. The molecule has 0 aliphatic carbocycles. The number of halogens is 1. The molecule has 3 atom stereocenters. The molecule has 7 nitrogen and oxygen atoms in total. The Balaban J connectivity index is 1.42. The molecule has 2 saturated heterocycles. The Bertz CT molecular complexity index is 1460. The van der Waals surface area contributed by atoms with Crippen LogP contribution in [0.3, 0.4) is 0 Å². The Kier molecular flexibility index (Phi) is 5.32. The number of nitrogens with one attached hydrogen (secondary N) is 2. The predicted molar refractivity (Wildman–Crippen MR) is 134 cm³/mol.